The molecule has 0 bridgehead atoms. The molecule has 0 radical (unpaired) electrons. The number of carboxylic acid groups (broad SMARTS) is 1. The Kier molecular flexibility index (Phi) is 4.17. The monoisotopic (exact) mass is 330 g/mol. The smallest absolute Gasteiger partial charge is 0.335 e. The molecule has 2 aromatic rings. The van der Waals surface area contributed by atoms with Crippen molar-refractivity contribution in [1.29, 1.82) is 0 Å². The van der Waals surface area contributed by atoms with E-state index in [4.69, 9.17) is 5.11 Å². The number of aromatic carboxylic acids is 1. The van der Waals surface area contributed by atoms with Gasteiger partial charge >= 0.3 is 5.97 Å². The predicted octanol–water partition coefficient (Wildman–Crippen LogP) is 3.16. The molecular formula is C17H18N2O3S. The molecule has 120 valence electrons. The number of carboxylic acids is 1. The van der Waals surface area contributed by atoms with Gasteiger partial charge in [-0.05, 0) is 29.7 Å². The van der Waals surface area contributed by atoms with Crippen LogP contribution in [0.2, 0.25) is 0 Å². The van der Waals surface area contributed by atoms with E-state index in [-0.39, 0.29) is 11.5 Å². The number of fused-ring (bicyclic) bond motifs is 1. The van der Waals surface area contributed by atoms with E-state index in [0.29, 0.717) is 24.7 Å². The third-order valence-electron chi connectivity index (χ3n) is 3.99. The molecule has 3 rings (SSSR count). The van der Waals surface area contributed by atoms with Gasteiger partial charge in [-0.1, -0.05) is 19.9 Å². The van der Waals surface area contributed by atoms with Gasteiger partial charge in [0, 0.05) is 24.4 Å². The Bertz CT molecular complexity index is 767. The molecule has 0 aliphatic carbocycles. The number of nitrogens with zero attached hydrogens (tertiary/aromatic N) is 2. The molecule has 0 atom stereocenters. The Morgan fingerprint density at radius 1 is 1.30 bits per heavy atom. The molecule has 1 aromatic heterocycles. The number of amides is 1. The summed E-state index contributed by atoms with van der Waals surface area (Å²) in [6.07, 6.45) is 0.738. The van der Waals surface area contributed by atoms with Crippen LogP contribution in [0.5, 0.6) is 0 Å². The largest absolute Gasteiger partial charge is 0.478 e. The lowest BCUT2D eigenvalue weighted by atomic mass is 9.97. The van der Waals surface area contributed by atoms with Gasteiger partial charge in [0.1, 0.15) is 5.69 Å². The van der Waals surface area contributed by atoms with Crippen molar-refractivity contribution >= 4 is 23.2 Å². The Labute approximate surface area is 138 Å². The average molecular weight is 330 g/mol. The Morgan fingerprint density at radius 3 is 2.74 bits per heavy atom. The fourth-order valence-corrected chi connectivity index (χ4v) is 3.49. The zero-order valence-corrected chi connectivity index (χ0v) is 13.9. The summed E-state index contributed by atoms with van der Waals surface area (Å²) >= 11 is 1.51. The number of hydrogen-bond acceptors (Lipinski definition) is 4. The first-order valence-corrected chi connectivity index (χ1v) is 8.43. The lowest BCUT2D eigenvalue weighted by molar-refractivity contribution is 0.0696. The van der Waals surface area contributed by atoms with E-state index >= 15 is 0 Å². The molecule has 0 spiro atoms. The summed E-state index contributed by atoms with van der Waals surface area (Å²) in [6, 6.07) is 5.13. The number of hydrogen-bond donors (Lipinski definition) is 1. The van der Waals surface area contributed by atoms with Gasteiger partial charge in [0.05, 0.1) is 10.6 Å². The van der Waals surface area contributed by atoms with Crippen molar-refractivity contribution in [3.63, 3.8) is 0 Å². The highest BCUT2D eigenvalue weighted by Crippen LogP contribution is 2.24. The molecule has 1 aliphatic rings. The van der Waals surface area contributed by atoms with Crippen LogP contribution in [0.4, 0.5) is 0 Å². The van der Waals surface area contributed by atoms with Crippen molar-refractivity contribution in [2.75, 3.05) is 6.54 Å². The molecule has 23 heavy (non-hydrogen) atoms. The van der Waals surface area contributed by atoms with Gasteiger partial charge in [-0.25, -0.2) is 9.78 Å². The third-order valence-corrected chi connectivity index (χ3v) is 5.13. The standard InChI is InChI=1S/C17H18N2O3S/c1-10(2)15-18-14(9-23-15)16(20)19-6-5-11-3-4-12(17(21)22)7-13(11)8-19/h3-4,7,9-10H,5-6,8H2,1-2H3,(H,21,22). The Hall–Kier alpha value is -2.21. The number of carbonyl (C=O) groups excluding carboxylic acids is 1. The van der Waals surface area contributed by atoms with Crippen LogP contribution in [0.15, 0.2) is 23.6 Å². The first kappa shape index (κ1) is 15.7. The number of aromatic nitrogens is 1. The van der Waals surface area contributed by atoms with Crippen molar-refractivity contribution < 1.29 is 14.7 Å². The van der Waals surface area contributed by atoms with Gasteiger partial charge in [0.15, 0.2) is 0 Å². The molecule has 0 saturated carbocycles. The average Bonchev–Trinajstić information content (AvgIpc) is 3.03. The normalized spacial score (nSPS) is 14.0. The molecule has 0 fully saturated rings. The highest BCUT2D eigenvalue weighted by Gasteiger charge is 2.24. The molecule has 1 aromatic carbocycles. The quantitative estimate of drug-likeness (QED) is 0.938. The Morgan fingerprint density at radius 2 is 2.09 bits per heavy atom. The number of rotatable bonds is 3. The lowest BCUT2D eigenvalue weighted by Crippen LogP contribution is -2.36. The summed E-state index contributed by atoms with van der Waals surface area (Å²) in [5, 5.41) is 11.9. The molecule has 0 unspecified atom stereocenters. The molecule has 6 heteroatoms. The van der Waals surface area contributed by atoms with E-state index in [1.54, 1.807) is 22.4 Å². The van der Waals surface area contributed by atoms with Crippen molar-refractivity contribution in [1.82, 2.24) is 9.88 Å². The molecule has 0 saturated heterocycles. The highest BCUT2D eigenvalue weighted by atomic mass is 32.1. The van der Waals surface area contributed by atoms with E-state index < -0.39 is 5.97 Å². The number of thiazole rings is 1. The zero-order valence-electron chi connectivity index (χ0n) is 13.1. The summed E-state index contributed by atoms with van der Waals surface area (Å²) < 4.78 is 0. The van der Waals surface area contributed by atoms with Gasteiger partial charge in [-0.3, -0.25) is 4.79 Å². The fraction of sp³-hybridized carbons (Fsp3) is 0.353. The first-order chi connectivity index (χ1) is 11.0. The van der Waals surface area contributed by atoms with Crippen LogP contribution in [0.25, 0.3) is 0 Å². The number of carbonyl (C=O) groups is 2. The van der Waals surface area contributed by atoms with Crippen LogP contribution in [0.1, 0.15) is 56.7 Å². The van der Waals surface area contributed by atoms with Crippen molar-refractivity contribution in [3.8, 4) is 0 Å². The molecular weight excluding hydrogens is 312 g/mol. The molecule has 2 heterocycles. The van der Waals surface area contributed by atoms with E-state index in [0.717, 1.165) is 22.6 Å². The maximum Gasteiger partial charge on any atom is 0.335 e. The molecule has 5 nitrogen and oxygen atoms in total. The van der Waals surface area contributed by atoms with Crippen molar-refractivity contribution in [3.05, 3.63) is 51.0 Å². The van der Waals surface area contributed by atoms with E-state index in [1.165, 1.54) is 11.3 Å². The van der Waals surface area contributed by atoms with E-state index in [9.17, 15) is 9.59 Å². The van der Waals surface area contributed by atoms with Crippen molar-refractivity contribution in [2.45, 2.75) is 32.7 Å². The summed E-state index contributed by atoms with van der Waals surface area (Å²) in [5.74, 6) is -0.724. The maximum atomic E-state index is 12.6. The fourth-order valence-electron chi connectivity index (χ4n) is 2.68. The van der Waals surface area contributed by atoms with Crippen LogP contribution in [-0.4, -0.2) is 33.4 Å². The summed E-state index contributed by atoms with van der Waals surface area (Å²) in [5.41, 5.74) is 2.76. The Balaban J connectivity index is 1.81. The van der Waals surface area contributed by atoms with E-state index in [1.807, 2.05) is 6.07 Å². The maximum absolute atomic E-state index is 12.6. The SMILES string of the molecule is CC(C)c1nc(C(=O)N2CCc3ccc(C(=O)O)cc3C2)cs1. The second kappa shape index (κ2) is 6.12. The summed E-state index contributed by atoms with van der Waals surface area (Å²) in [4.78, 5) is 29.9. The van der Waals surface area contributed by atoms with Crippen LogP contribution in [0.3, 0.4) is 0 Å². The minimum absolute atomic E-state index is 0.0838. The third kappa shape index (κ3) is 3.12. The van der Waals surface area contributed by atoms with Gasteiger partial charge in [0.25, 0.3) is 5.91 Å². The summed E-state index contributed by atoms with van der Waals surface area (Å²) in [6.45, 7) is 5.17. The minimum atomic E-state index is -0.947. The lowest BCUT2D eigenvalue weighted by Gasteiger charge is -2.28. The molecule has 1 amide bonds. The van der Waals surface area contributed by atoms with Crippen LogP contribution in [0, 0.1) is 0 Å². The molecule has 1 aliphatic heterocycles. The van der Waals surface area contributed by atoms with Crippen LogP contribution in [-0.2, 0) is 13.0 Å². The zero-order chi connectivity index (χ0) is 16.6. The topological polar surface area (TPSA) is 70.5 Å². The first-order valence-electron chi connectivity index (χ1n) is 7.55. The predicted molar refractivity (Wildman–Crippen MR) is 88.0 cm³/mol. The van der Waals surface area contributed by atoms with Gasteiger partial charge in [-0.15, -0.1) is 11.3 Å². The highest BCUT2D eigenvalue weighted by molar-refractivity contribution is 7.09. The van der Waals surface area contributed by atoms with Crippen LogP contribution < -0.4 is 0 Å². The summed E-state index contributed by atoms with van der Waals surface area (Å²) in [7, 11) is 0. The minimum Gasteiger partial charge on any atom is -0.478 e. The van der Waals surface area contributed by atoms with Gasteiger partial charge in [0.2, 0.25) is 0 Å². The van der Waals surface area contributed by atoms with Gasteiger partial charge in [-0.2, -0.15) is 0 Å². The van der Waals surface area contributed by atoms with E-state index in [2.05, 4.69) is 18.8 Å². The van der Waals surface area contributed by atoms with Gasteiger partial charge < -0.3 is 10.0 Å². The second-order valence-electron chi connectivity index (χ2n) is 5.99. The second-order valence-corrected chi connectivity index (χ2v) is 6.88. The molecule has 1 N–H and O–H groups in total. The van der Waals surface area contributed by atoms with Crippen LogP contribution >= 0.6 is 11.3 Å². The number of benzene rings is 1. The van der Waals surface area contributed by atoms with Crippen molar-refractivity contribution in [2.24, 2.45) is 0 Å².